The second kappa shape index (κ2) is 8.84. The first-order valence-corrected chi connectivity index (χ1v) is 10.9. The molecule has 1 saturated heterocycles. The fraction of sp³-hybridized carbons (Fsp3) is 0.304. The van der Waals surface area contributed by atoms with E-state index in [1.54, 1.807) is 17.7 Å². The van der Waals surface area contributed by atoms with Crippen molar-refractivity contribution in [2.45, 2.75) is 11.4 Å². The summed E-state index contributed by atoms with van der Waals surface area (Å²) >= 11 is 1.46. The molecule has 1 fully saturated rings. The second-order valence-corrected chi connectivity index (χ2v) is 8.37. The van der Waals surface area contributed by atoms with Crippen LogP contribution in [-0.4, -0.2) is 52.2 Å². The number of piperazine rings is 1. The van der Waals surface area contributed by atoms with Crippen molar-refractivity contribution in [3.8, 4) is 0 Å². The maximum absolute atomic E-state index is 12.7. The third kappa shape index (κ3) is 4.54. The van der Waals surface area contributed by atoms with Crippen LogP contribution in [0, 0.1) is 0 Å². The Balaban J connectivity index is 1.35. The Hall–Kier alpha value is -2.57. The monoisotopic (exact) mass is 407 g/mol. The van der Waals surface area contributed by atoms with E-state index in [0.29, 0.717) is 5.75 Å². The highest BCUT2D eigenvalue weighted by Gasteiger charge is 2.21. The topological polar surface area (TPSA) is 45.6 Å². The van der Waals surface area contributed by atoms with Crippen molar-refractivity contribution in [2.24, 2.45) is 7.05 Å². The fourth-order valence-electron chi connectivity index (χ4n) is 3.73. The Morgan fingerprint density at radius 1 is 0.966 bits per heavy atom. The van der Waals surface area contributed by atoms with Gasteiger partial charge in [-0.1, -0.05) is 48.5 Å². The minimum absolute atomic E-state index is 0.0480. The molecule has 1 aromatic heterocycles. The lowest BCUT2D eigenvalue weighted by atomic mass is 10.2. The van der Waals surface area contributed by atoms with Gasteiger partial charge in [0, 0.05) is 56.1 Å². The summed E-state index contributed by atoms with van der Waals surface area (Å²) in [5.41, 5.74) is 2.15. The summed E-state index contributed by atoms with van der Waals surface area (Å²) in [6.45, 7) is 4.21. The van der Waals surface area contributed by atoms with Crippen molar-refractivity contribution in [1.29, 1.82) is 0 Å². The smallest absolute Gasteiger partial charge is 0.251 e. The summed E-state index contributed by atoms with van der Waals surface area (Å²) in [4.78, 5) is 30.2. The molecule has 0 spiro atoms. The van der Waals surface area contributed by atoms with E-state index in [4.69, 9.17) is 0 Å². The summed E-state index contributed by atoms with van der Waals surface area (Å²) in [5.74, 6) is 0.495. The first-order chi connectivity index (χ1) is 14.1. The van der Waals surface area contributed by atoms with Gasteiger partial charge in [0.25, 0.3) is 5.56 Å². The molecule has 6 heteroatoms. The third-order valence-electron chi connectivity index (χ3n) is 5.44. The van der Waals surface area contributed by atoms with Crippen molar-refractivity contribution in [1.82, 2.24) is 14.4 Å². The molecule has 4 rings (SSSR count). The quantitative estimate of drug-likeness (QED) is 0.610. The largest absolute Gasteiger partial charge is 0.339 e. The predicted molar refractivity (Wildman–Crippen MR) is 118 cm³/mol. The van der Waals surface area contributed by atoms with Gasteiger partial charge >= 0.3 is 0 Å². The molecule has 2 heterocycles. The van der Waals surface area contributed by atoms with Gasteiger partial charge in [-0.15, -0.1) is 11.8 Å². The number of amides is 1. The Morgan fingerprint density at radius 3 is 2.41 bits per heavy atom. The third-order valence-corrected chi connectivity index (χ3v) is 6.48. The summed E-state index contributed by atoms with van der Waals surface area (Å²) < 4.78 is 1.65. The van der Waals surface area contributed by atoms with E-state index in [2.05, 4.69) is 29.2 Å². The summed E-state index contributed by atoms with van der Waals surface area (Å²) in [6.07, 6.45) is 0. The highest BCUT2D eigenvalue weighted by Crippen LogP contribution is 2.26. The van der Waals surface area contributed by atoms with Crippen LogP contribution in [0.5, 0.6) is 0 Å². The van der Waals surface area contributed by atoms with Crippen LogP contribution in [0.4, 0.5) is 0 Å². The number of thioether (sulfide) groups is 1. The normalized spacial score (nSPS) is 15.0. The zero-order valence-corrected chi connectivity index (χ0v) is 17.4. The molecule has 0 N–H and O–H groups in total. The van der Waals surface area contributed by atoms with E-state index in [9.17, 15) is 9.59 Å². The predicted octanol–water partition coefficient (Wildman–Crippen LogP) is 2.98. The van der Waals surface area contributed by atoms with E-state index in [0.717, 1.165) is 48.5 Å². The van der Waals surface area contributed by atoms with Gasteiger partial charge in [0.05, 0.1) is 11.3 Å². The number of rotatable bonds is 5. The first kappa shape index (κ1) is 19.7. The van der Waals surface area contributed by atoms with Gasteiger partial charge in [-0.3, -0.25) is 14.5 Å². The van der Waals surface area contributed by atoms with Crippen LogP contribution >= 0.6 is 11.8 Å². The summed E-state index contributed by atoms with van der Waals surface area (Å²) in [5, 5.41) is 1.01. The molecule has 0 atom stereocenters. The number of aromatic nitrogens is 1. The number of para-hydroxylation sites is 1. The minimum Gasteiger partial charge on any atom is -0.339 e. The Morgan fingerprint density at radius 2 is 1.66 bits per heavy atom. The lowest BCUT2D eigenvalue weighted by Crippen LogP contribution is -2.48. The molecule has 0 radical (unpaired) electrons. The van der Waals surface area contributed by atoms with Gasteiger partial charge in [0.1, 0.15) is 0 Å². The maximum Gasteiger partial charge on any atom is 0.251 e. The van der Waals surface area contributed by atoms with E-state index in [1.165, 1.54) is 17.3 Å². The zero-order valence-electron chi connectivity index (χ0n) is 16.6. The number of benzene rings is 2. The van der Waals surface area contributed by atoms with Crippen LogP contribution in [0.15, 0.2) is 70.4 Å². The van der Waals surface area contributed by atoms with Crippen LogP contribution in [0.25, 0.3) is 10.9 Å². The molecule has 29 heavy (non-hydrogen) atoms. The molecule has 0 unspecified atom stereocenters. The molecule has 1 aliphatic rings. The van der Waals surface area contributed by atoms with E-state index < -0.39 is 0 Å². The Bertz CT molecular complexity index is 1060. The van der Waals surface area contributed by atoms with Gasteiger partial charge in [0.2, 0.25) is 5.91 Å². The molecule has 1 amide bonds. The molecule has 0 bridgehead atoms. The summed E-state index contributed by atoms with van der Waals surface area (Å²) in [7, 11) is 1.78. The van der Waals surface area contributed by atoms with Gasteiger partial charge in [-0.2, -0.15) is 0 Å². The van der Waals surface area contributed by atoms with Crippen molar-refractivity contribution >= 4 is 28.6 Å². The molecule has 1 aliphatic heterocycles. The Kier molecular flexibility index (Phi) is 6.02. The molecule has 0 aliphatic carbocycles. The lowest BCUT2D eigenvalue weighted by molar-refractivity contribution is -0.130. The number of pyridine rings is 1. The van der Waals surface area contributed by atoms with Crippen LogP contribution in [0.3, 0.4) is 0 Å². The average molecular weight is 408 g/mol. The highest BCUT2D eigenvalue weighted by atomic mass is 32.2. The van der Waals surface area contributed by atoms with Crippen LogP contribution < -0.4 is 5.56 Å². The molecule has 0 saturated carbocycles. The van der Waals surface area contributed by atoms with Crippen LogP contribution in [0.2, 0.25) is 0 Å². The molecule has 150 valence electrons. The average Bonchev–Trinajstić information content (AvgIpc) is 2.76. The standard InChI is InChI=1S/C23H25N3O2S/c1-24-20-10-6-5-9-19(20)21(15-22(24)27)29-17-23(28)26-13-11-25(12-14-26)16-18-7-3-2-4-8-18/h2-10,15H,11-14,16-17H2,1H3. The van der Waals surface area contributed by atoms with E-state index in [1.807, 2.05) is 35.2 Å². The van der Waals surface area contributed by atoms with E-state index >= 15 is 0 Å². The molecular formula is C23H25N3O2S. The van der Waals surface area contributed by atoms with Gasteiger partial charge < -0.3 is 9.47 Å². The van der Waals surface area contributed by atoms with Crippen molar-refractivity contribution in [3.63, 3.8) is 0 Å². The van der Waals surface area contributed by atoms with Crippen LogP contribution in [-0.2, 0) is 18.4 Å². The van der Waals surface area contributed by atoms with Crippen molar-refractivity contribution in [2.75, 3.05) is 31.9 Å². The highest BCUT2D eigenvalue weighted by molar-refractivity contribution is 8.00. The minimum atomic E-state index is -0.0480. The summed E-state index contributed by atoms with van der Waals surface area (Å²) in [6, 6.07) is 19.9. The zero-order chi connectivity index (χ0) is 20.2. The number of carbonyl (C=O) groups excluding carboxylic acids is 1. The number of fused-ring (bicyclic) bond motifs is 1. The number of hydrogen-bond acceptors (Lipinski definition) is 4. The molecule has 5 nitrogen and oxygen atoms in total. The molecular weight excluding hydrogens is 382 g/mol. The fourth-order valence-corrected chi connectivity index (χ4v) is 4.70. The lowest BCUT2D eigenvalue weighted by Gasteiger charge is -2.34. The van der Waals surface area contributed by atoms with Crippen molar-refractivity contribution in [3.05, 3.63) is 76.6 Å². The van der Waals surface area contributed by atoms with Gasteiger partial charge in [-0.25, -0.2) is 0 Å². The second-order valence-electron chi connectivity index (χ2n) is 7.35. The first-order valence-electron chi connectivity index (χ1n) is 9.87. The Labute approximate surface area is 174 Å². The SMILES string of the molecule is Cn1c(=O)cc(SCC(=O)N2CCN(Cc3ccccc3)CC2)c2ccccc21. The maximum atomic E-state index is 12.7. The van der Waals surface area contributed by atoms with Gasteiger partial charge in [0.15, 0.2) is 0 Å². The molecule has 2 aromatic carbocycles. The number of nitrogens with zero attached hydrogens (tertiary/aromatic N) is 3. The van der Waals surface area contributed by atoms with Crippen molar-refractivity contribution < 1.29 is 4.79 Å². The number of hydrogen-bond donors (Lipinski definition) is 0. The van der Waals surface area contributed by atoms with Gasteiger partial charge in [-0.05, 0) is 11.6 Å². The number of aryl methyl sites for hydroxylation is 1. The van der Waals surface area contributed by atoms with Crippen LogP contribution in [0.1, 0.15) is 5.56 Å². The number of carbonyl (C=O) groups is 1. The van der Waals surface area contributed by atoms with E-state index in [-0.39, 0.29) is 11.5 Å². The molecule has 3 aromatic rings.